The number of amides is 1. The quantitative estimate of drug-likeness (QED) is 0.427. The van der Waals surface area contributed by atoms with Gasteiger partial charge in [0.05, 0.1) is 29.0 Å². The van der Waals surface area contributed by atoms with Gasteiger partial charge in [-0.2, -0.15) is 0 Å². The molecule has 0 aliphatic carbocycles. The minimum atomic E-state index is -0.0350. The number of aryl methyl sites for hydroxylation is 1. The average molecular weight is 469 g/mol. The van der Waals surface area contributed by atoms with Crippen LogP contribution in [0.15, 0.2) is 42.6 Å². The summed E-state index contributed by atoms with van der Waals surface area (Å²) in [6.45, 7) is 6.96. The van der Waals surface area contributed by atoms with Crippen molar-refractivity contribution in [3.8, 4) is 0 Å². The van der Waals surface area contributed by atoms with Crippen LogP contribution in [-0.2, 0) is 4.74 Å². The van der Waals surface area contributed by atoms with Crippen molar-refractivity contribution in [3.63, 3.8) is 0 Å². The molecule has 5 rings (SSSR count). The van der Waals surface area contributed by atoms with Crippen LogP contribution in [-0.4, -0.2) is 60.2 Å². The van der Waals surface area contributed by atoms with Crippen LogP contribution in [0.5, 0.6) is 0 Å². The largest absolute Gasteiger partial charge is 0.379 e. The van der Waals surface area contributed by atoms with E-state index in [1.807, 2.05) is 48.2 Å². The monoisotopic (exact) mass is 468 g/mol. The Hall–Kier alpha value is -2.45. The van der Waals surface area contributed by atoms with Crippen molar-refractivity contribution in [2.75, 3.05) is 44.3 Å². The number of anilines is 1. The highest BCUT2D eigenvalue weighted by Crippen LogP contribution is 2.34. The molecule has 166 valence electrons. The molecule has 1 fully saturated rings. The number of ether oxygens (including phenoxy) is 1. The molecular weight excluding hydrogens is 444 g/mol. The standard InChI is InChI=1S/C24H25ClN4O2S/c1-16-13-17(25)14-21-22(16)27-24(32-21)29(8-4-7-28-9-11-31-12-10-28)23(30)19-15-26-20-6-3-2-5-18(19)20/h2-3,5-6,13-15,26H,4,7-12H2,1H3. The average Bonchev–Trinajstić information content (AvgIpc) is 3.41. The number of para-hydroxylation sites is 1. The van der Waals surface area contributed by atoms with Crippen LogP contribution >= 0.6 is 22.9 Å². The normalized spacial score (nSPS) is 14.9. The minimum Gasteiger partial charge on any atom is -0.379 e. The number of morpholine rings is 1. The Kier molecular flexibility index (Phi) is 6.15. The summed E-state index contributed by atoms with van der Waals surface area (Å²) in [6, 6.07) is 11.7. The molecule has 0 spiro atoms. The van der Waals surface area contributed by atoms with Gasteiger partial charge in [-0.3, -0.25) is 14.6 Å². The van der Waals surface area contributed by atoms with Crippen LogP contribution in [0.3, 0.4) is 0 Å². The Morgan fingerprint density at radius 3 is 2.94 bits per heavy atom. The predicted molar refractivity (Wildman–Crippen MR) is 131 cm³/mol. The number of aromatic nitrogens is 2. The van der Waals surface area contributed by atoms with Crippen LogP contribution in [0.1, 0.15) is 22.3 Å². The van der Waals surface area contributed by atoms with Crippen molar-refractivity contribution in [1.29, 1.82) is 0 Å². The van der Waals surface area contributed by atoms with Gasteiger partial charge in [0.15, 0.2) is 5.13 Å². The van der Waals surface area contributed by atoms with Crippen LogP contribution in [0.4, 0.5) is 5.13 Å². The lowest BCUT2D eigenvalue weighted by molar-refractivity contribution is 0.0376. The van der Waals surface area contributed by atoms with Crippen molar-refractivity contribution in [2.45, 2.75) is 13.3 Å². The van der Waals surface area contributed by atoms with Gasteiger partial charge in [0.25, 0.3) is 5.91 Å². The van der Waals surface area contributed by atoms with Crippen molar-refractivity contribution >= 4 is 55.1 Å². The van der Waals surface area contributed by atoms with E-state index < -0.39 is 0 Å². The third-order valence-electron chi connectivity index (χ3n) is 5.89. The summed E-state index contributed by atoms with van der Waals surface area (Å²) in [5.41, 5.74) is 3.54. The maximum atomic E-state index is 13.7. The van der Waals surface area contributed by atoms with Crippen LogP contribution in [0.25, 0.3) is 21.1 Å². The number of rotatable bonds is 6. The highest BCUT2D eigenvalue weighted by Gasteiger charge is 2.24. The first-order valence-electron chi connectivity index (χ1n) is 10.8. The zero-order chi connectivity index (χ0) is 22.1. The second kappa shape index (κ2) is 9.19. The number of benzene rings is 2. The number of thiazole rings is 1. The van der Waals surface area contributed by atoms with E-state index >= 15 is 0 Å². The fourth-order valence-electron chi connectivity index (χ4n) is 4.21. The number of aromatic amines is 1. The molecule has 0 saturated carbocycles. The molecule has 1 aliphatic rings. The van der Waals surface area contributed by atoms with E-state index in [9.17, 15) is 4.79 Å². The van der Waals surface area contributed by atoms with Gasteiger partial charge in [0.2, 0.25) is 0 Å². The van der Waals surface area contributed by atoms with Crippen LogP contribution in [0.2, 0.25) is 5.02 Å². The Morgan fingerprint density at radius 2 is 2.09 bits per heavy atom. The van der Waals surface area contributed by atoms with Crippen LogP contribution in [0, 0.1) is 6.92 Å². The zero-order valence-corrected chi connectivity index (χ0v) is 19.5. The van der Waals surface area contributed by atoms with E-state index in [4.69, 9.17) is 21.3 Å². The molecule has 0 bridgehead atoms. The third kappa shape index (κ3) is 4.26. The number of halogens is 1. The summed E-state index contributed by atoms with van der Waals surface area (Å²) in [4.78, 5) is 26.0. The van der Waals surface area contributed by atoms with Gasteiger partial charge >= 0.3 is 0 Å². The van der Waals surface area contributed by atoms with Crippen molar-refractivity contribution in [2.24, 2.45) is 0 Å². The molecule has 8 heteroatoms. The molecule has 0 unspecified atom stereocenters. The molecule has 0 radical (unpaired) electrons. The fourth-order valence-corrected chi connectivity index (χ4v) is 5.66. The van der Waals surface area contributed by atoms with Gasteiger partial charge in [0.1, 0.15) is 0 Å². The topological polar surface area (TPSA) is 61.5 Å². The summed E-state index contributed by atoms with van der Waals surface area (Å²) in [7, 11) is 0. The molecular formula is C24H25ClN4O2S. The number of carbonyl (C=O) groups is 1. The Bertz CT molecular complexity index is 1260. The van der Waals surface area contributed by atoms with Crippen LogP contribution < -0.4 is 4.90 Å². The molecule has 1 aliphatic heterocycles. The number of H-pyrrole nitrogens is 1. The second-order valence-electron chi connectivity index (χ2n) is 8.08. The van der Waals surface area contributed by atoms with E-state index in [2.05, 4.69) is 9.88 Å². The van der Waals surface area contributed by atoms with Gasteiger partial charge in [-0.05, 0) is 37.1 Å². The fraction of sp³-hybridized carbons (Fsp3) is 0.333. The van der Waals surface area contributed by atoms with Crippen molar-refractivity contribution < 1.29 is 9.53 Å². The third-order valence-corrected chi connectivity index (χ3v) is 7.14. The number of nitrogens with one attached hydrogen (secondary N) is 1. The molecule has 2 aromatic heterocycles. The first kappa shape index (κ1) is 21.4. The Balaban J connectivity index is 1.46. The summed E-state index contributed by atoms with van der Waals surface area (Å²) in [6.07, 6.45) is 2.67. The van der Waals surface area contributed by atoms with Crippen molar-refractivity contribution in [3.05, 3.63) is 58.7 Å². The number of nitrogens with zero attached hydrogens (tertiary/aromatic N) is 3. The van der Waals surface area contributed by atoms with E-state index in [0.29, 0.717) is 22.3 Å². The van der Waals surface area contributed by atoms with Gasteiger partial charge in [0, 0.05) is 48.3 Å². The first-order chi connectivity index (χ1) is 15.6. The maximum absolute atomic E-state index is 13.7. The molecule has 4 aromatic rings. The number of hydrogen-bond donors (Lipinski definition) is 1. The van der Waals surface area contributed by atoms with E-state index in [0.717, 1.165) is 66.0 Å². The molecule has 1 N–H and O–H groups in total. The van der Waals surface area contributed by atoms with E-state index in [-0.39, 0.29) is 5.91 Å². The van der Waals surface area contributed by atoms with Gasteiger partial charge < -0.3 is 9.72 Å². The second-order valence-corrected chi connectivity index (χ2v) is 9.52. The SMILES string of the molecule is Cc1cc(Cl)cc2sc(N(CCCN3CCOCC3)C(=O)c3c[nH]c4ccccc34)nc12. The minimum absolute atomic E-state index is 0.0350. The number of carbonyl (C=O) groups excluding carboxylic acids is 1. The summed E-state index contributed by atoms with van der Waals surface area (Å²) in [5, 5.41) is 2.32. The van der Waals surface area contributed by atoms with Gasteiger partial charge in [-0.1, -0.05) is 41.1 Å². The molecule has 32 heavy (non-hydrogen) atoms. The first-order valence-corrected chi connectivity index (χ1v) is 12.0. The summed E-state index contributed by atoms with van der Waals surface area (Å²) >= 11 is 7.79. The van der Waals surface area contributed by atoms with Gasteiger partial charge in [-0.15, -0.1) is 0 Å². The van der Waals surface area contributed by atoms with Gasteiger partial charge in [-0.25, -0.2) is 4.98 Å². The lowest BCUT2D eigenvalue weighted by Crippen LogP contribution is -2.39. The van der Waals surface area contributed by atoms with E-state index in [1.165, 1.54) is 11.3 Å². The van der Waals surface area contributed by atoms with Crippen molar-refractivity contribution in [1.82, 2.24) is 14.9 Å². The number of hydrogen-bond acceptors (Lipinski definition) is 5. The molecule has 2 aromatic carbocycles. The molecule has 0 atom stereocenters. The number of fused-ring (bicyclic) bond motifs is 2. The maximum Gasteiger partial charge on any atom is 0.262 e. The highest BCUT2D eigenvalue weighted by atomic mass is 35.5. The Labute approximate surface area is 195 Å². The molecule has 6 nitrogen and oxygen atoms in total. The highest BCUT2D eigenvalue weighted by molar-refractivity contribution is 7.22. The predicted octanol–water partition coefficient (Wildman–Crippen LogP) is 5.11. The zero-order valence-electron chi connectivity index (χ0n) is 17.9. The smallest absolute Gasteiger partial charge is 0.262 e. The van der Waals surface area contributed by atoms with E-state index in [1.54, 1.807) is 6.20 Å². The summed E-state index contributed by atoms with van der Waals surface area (Å²) < 4.78 is 6.45. The Morgan fingerprint density at radius 1 is 1.28 bits per heavy atom. The molecule has 1 saturated heterocycles. The molecule has 1 amide bonds. The summed E-state index contributed by atoms with van der Waals surface area (Å²) in [5.74, 6) is -0.0350. The lowest BCUT2D eigenvalue weighted by Gasteiger charge is -2.27. The lowest BCUT2D eigenvalue weighted by atomic mass is 10.1. The molecule has 3 heterocycles.